The van der Waals surface area contributed by atoms with Crippen molar-refractivity contribution in [1.82, 2.24) is 9.88 Å². The molecule has 0 spiro atoms. The Bertz CT molecular complexity index is 359. The number of rotatable bonds is 2. The number of hydrogen-bond donors (Lipinski definition) is 1. The summed E-state index contributed by atoms with van der Waals surface area (Å²) >= 11 is 0. The molecule has 2 N–H and O–H groups in total. The average molecular weight is 205 g/mol. The Morgan fingerprint density at radius 1 is 1.40 bits per heavy atom. The molecule has 80 valence electrons. The van der Waals surface area contributed by atoms with Gasteiger partial charge in [0.05, 0.1) is 5.69 Å². The highest BCUT2D eigenvalue weighted by Gasteiger charge is 2.20. The summed E-state index contributed by atoms with van der Waals surface area (Å²) in [4.78, 5) is 18.0. The predicted octanol–water partition coefficient (Wildman–Crippen LogP) is 0.776. The normalized spacial score (nSPS) is 15.7. The molecule has 0 bridgehead atoms. The highest BCUT2D eigenvalue weighted by molar-refractivity contribution is 5.92. The first-order chi connectivity index (χ1) is 7.31. The molecule has 0 saturated carbocycles. The third-order valence-electron chi connectivity index (χ3n) is 2.63. The zero-order valence-electron chi connectivity index (χ0n) is 8.65. The van der Waals surface area contributed by atoms with Gasteiger partial charge in [0.1, 0.15) is 5.69 Å². The van der Waals surface area contributed by atoms with Crippen LogP contribution in [0.25, 0.3) is 0 Å². The van der Waals surface area contributed by atoms with Crippen molar-refractivity contribution in [1.29, 1.82) is 0 Å². The van der Waals surface area contributed by atoms with Crippen LogP contribution in [0.2, 0.25) is 0 Å². The molecule has 1 aromatic heterocycles. The molecular weight excluding hydrogens is 190 g/mol. The molecule has 4 heteroatoms. The van der Waals surface area contributed by atoms with Crippen molar-refractivity contribution >= 4 is 5.91 Å². The monoisotopic (exact) mass is 205 g/mol. The van der Waals surface area contributed by atoms with Gasteiger partial charge >= 0.3 is 0 Å². The van der Waals surface area contributed by atoms with E-state index in [2.05, 4.69) is 4.98 Å². The van der Waals surface area contributed by atoms with Gasteiger partial charge in [0, 0.05) is 19.6 Å². The molecule has 0 unspecified atom stereocenters. The number of carbonyl (C=O) groups excluding carboxylic acids is 1. The average Bonchev–Trinajstić information content (AvgIpc) is 2.81. The van der Waals surface area contributed by atoms with Crippen LogP contribution in [0.15, 0.2) is 18.2 Å². The summed E-state index contributed by atoms with van der Waals surface area (Å²) in [5.41, 5.74) is 6.76. The Labute approximate surface area is 89.1 Å². The van der Waals surface area contributed by atoms with E-state index in [1.54, 1.807) is 6.07 Å². The summed E-state index contributed by atoms with van der Waals surface area (Å²) in [6.07, 6.45) is 2.20. The molecule has 1 aliphatic heterocycles. The number of pyridine rings is 1. The van der Waals surface area contributed by atoms with Gasteiger partial charge in [-0.15, -0.1) is 0 Å². The maximum Gasteiger partial charge on any atom is 0.272 e. The fourth-order valence-electron chi connectivity index (χ4n) is 1.79. The Hall–Kier alpha value is -1.42. The van der Waals surface area contributed by atoms with Crippen molar-refractivity contribution in [2.45, 2.75) is 19.4 Å². The van der Waals surface area contributed by atoms with Crippen molar-refractivity contribution in [2.24, 2.45) is 5.73 Å². The fraction of sp³-hybridized carbons (Fsp3) is 0.455. The number of carbonyl (C=O) groups is 1. The summed E-state index contributed by atoms with van der Waals surface area (Å²) < 4.78 is 0. The number of amides is 1. The maximum atomic E-state index is 11.9. The lowest BCUT2D eigenvalue weighted by Crippen LogP contribution is -2.28. The molecule has 1 fully saturated rings. The zero-order valence-corrected chi connectivity index (χ0v) is 8.65. The zero-order chi connectivity index (χ0) is 10.7. The molecule has 1 saturated heterocycles. The molecule has 1 amide bonds. The van der Waals surface area contributed by atoms with E-state index in [0.29, 0.717) is 12.2 Å². The van der Waals surface area contributed by atoms with Crippen LogP contribution in [-0.2, 0) is 6.54 Å². The van der Waals surface area contributed by atoms with Crippen molar-refractivity contribution in [3.05, 3.63) is 29.6 Å². The second-order valence-electron chi connectivity index (χ2n) is 3.72. The summed E-state index contributed by atoms with van der Waals surface area (Å²) in [6.45, 7) is 2.09. The lowest BCUT2D eigenvalue weighted by atomic mass is 10.3. The molecule has 4 nitrogen and oxygen atoms in total. The van der Waals surface area contributed by atoms with Gasteiger partial charge < -0.3 is 10.6 Å². The molecule has 0 radical (unpaired) electrons. The van der Waals surface area contributed by atoms with E-state index in [0.717, 1.165) is 31.6 Å². The van der Waals surface area contributed by atoms with E-state index in [4.69, 9.17) is 5.73 Å². The van der Waals surface area contributed by atoms with Gasteiger partial charge in [-0.3, -0.25) is 4.79 Å². The Balaban J connectivity index is 2.17. The summed E-state index contributed by atoms with van der Waals surface area (Å²) in [5, 5.41) is 0. The van der Waals surface area contributed by atoms with E-state index in [-0.39, 0.29) is 5.91 Å². The van der Waals surface area contributed by atoms with Crippen LogP contribution in [0.1, 0.15) is 29.0 Å². The first-order valence-corrected chi connectivity index (χ1v) is 5.26. The number of nitrogens with two attached hydrogens (primary N) is 1. The van der Waals surface area contributed by atoms with Crippen molar-refractivity contribution in [3.63, 3.8) is 0 Å². The van der Waals surface area contributed by atoms with Crippen LogP contribution in [0.3, 0.4) is 0 Å². The lowest BCUT2D eigenvalue weighted by Gasteiger charge is -2.14. The van der Waals surface area contributed by atoms with Gasteiger partial charge in [-0.2, -0.15) is 0 Å². The molecule has 0 atom stereocenters. The van der Waals surface area contributed by atoms with Crippen LogP contribution < -0.4 is 5.73 Å². The minimum absolute atomic E-state index is 0.0304. The quantitative estimate of drug-likeness (QED) is 0.776. The van der Waals surface area contributed by atoms with Crippen LogP contribution in [0, 0.1) is 0 Å². The number of aromatic nitrogens is 1. The molecule has 1 aliphatic rings. The highest BCUT2D eigenvalue weighted by atomic mass is 16.2. The third kappa shape index (κ3) is 2.15. The predicted molar refractivity (Wildman–Crippen MR) is 57.3 cm³/mol. The smallest absolute Gasteiger partial charge is 0.272 e. The number of nitrogens with zero attached hydrogens (tertiary/aromatic N) is 2. The van der Waals surface area contributed by atoms with Gasteiger partial charge in [0.2, 0.25) is 0 Å². The standard InChI is InChI=1S/C11H15N3O/c12-8-9-4-3-5-10(13-9)11(15)14-6-1-2-7-14/h3-5H,1-2,6-8,12H2. The lowest BCUT2D eigenvalue weighted by molar-refractivity contribution is 0.0787. The van der Waals surface area contributed by atoms with E-state index >= 15 is 0 Å². The van der Waals surface area contributed by atoms with Gasteiger partial charge in [0.15, 0.2) is 0 Å². The second-order valence-corrected chi connectivity index (χ2v) is 3.72. The molecule has 0 aliphatic carbocycles. The number of hydrogen-bond acceptors (Lipinski definition) is 3. The van der Waals surface area contributed by atoms with Gasteiger partial charge in [0.25, 0.3) is 5.91 Å². The van der Waals surface area contributed by atoms with Gasteiger partial charge in [-0.05, 0) is 25.0 Å². The number of likely N-dealkylation sites (tertiary alicyclic amines) is 1. The molecule has 15 heavy (non-hydrogen) atoms. The second kappa shape index (κ2) is 4.40. The van der Waals surface area contributed by atoms with Crippen LogP contribution in [-0.4, -0.2) is 28.9 Å². The Kier molecular flexibility index (Phi) is 2.97. The minimum Gasteiger partial charge on any atom is -0.337 e. The molecule has 1 aromatic rings. The van der Waals surface area contributed by atoms with Crippen LogP contribution >= 0.6 is 0 Å². The van der Waals surface area contributed by atoms with Gasteiger partial charge in [-0.25, -0.2) is 4.98 Å². The molecular formula is C11H15N3O. The van der Waals surface area contributed by atoms with Crippen LogP contribution in [0.4, 0.5) is 0 Å². The highest BCUT2D eigenvalue weighted by Crippen LogP contribution is 2.11. The SMILES string of the molecule is NCc1cccc(C(=O)N2CCCC2)n1. The first-order valence-electron chi connectivity index (χ1n) is 5.26. The van der Waals surface area contributed by atoms with Crippen LogP contribution in [0.5, 0.6) is 0 Å². The first kappa shape index (κ1) is 10.1. The largest absolute Gasteiger partial charge is 0.337 e. The Morgan fingerprint density at radius 2 is 2.13 bits per heavy atom. The Morgan fingerprint density at radius 3 is 2.80 bits per heavy atom. The summed E-state index contributed by atoms with van der Waals surface area (Å²) in [7, 11) is 0. The van der Waals surface area contributed by atoms with E-state index in [1.807, 2.05) is 17.0 Å². The third-order valence-corrected chi connectivity index (χ3v) is 2.63. The van der Waals surface area contributed by atoms with Gasteiger partial charge in [-0.1, -0.05) is 6.07 Å². The minimum atomic E-state index is 0.0304. The summed E-state index contributed by atoms with van der Waals surface area (Å²) in [5.74, 6) is 0.0304. The van der Waals surface area contributed by atoms with E-state index in [1.165, 1.54) is 0 Å². The molecule has 2 rings (SSSR count). The van der Waals surface area contributed by atoms with Crippen molar-refractivity contribution < 1.29 is 4.79 Å². The van der Waals surface area contributed by atoms with Crippen molar-refractivity contribution in [2.75, 3.05) is 13.1 Å². The topological polar surface area (TPSA) is 59.2 Å². The summed E-state index contributed by atoms with van der Waals surface area (Å²) in [6, 6.07) is 5.42. The molecule has 0 aromatic carbocycles. The maximum absolute atomic E-state index is 11.9. The van der Waals surface area contributed by atoms with Crippen molar-refractivity contribution in [3.8, 4) is 0 Å². The fourth-order valence-corrected chi connectivity index (χ4v) is 1.79. The molecule has 2 heterocycles. The van der Waals surface area contributed by atoms with E-state index < -0.39 is 0 Å². The van der Waals surface area contributed by atoms with E-state index in [9.17, 15) is 4.79 Å².